The van der Waals surface area contributed by atoms with Crippen LogP contribution in [0.15, 0.2) is 81.4 Å². The summed E-state index contributed by atoms with van der Waals surface area (Å²) in [5, 5.41) is 6.69. The van der Waals surface area contributed by atoms with Gasteiger partial charge in [-0.2, -0.15) is 5.10 Å². The first-order chi connectivity index (χ1) is 11.8. The molecular weight excluding hydrogens is 384 g/mol. The number of hydrogen-bond acceptors (Lipinski definition) is 4. The number of aromatic nitrogens is 2. The van der Waals surface area contributed by atoms with Crippen LogP contribution < -0.4 is 4.80 Å². The third-order valence-electron chi connectivity index (χ3n) is 3.21. The van der Waals surface area contributed by atoms with E-state index in [-0.39, 0.29) is 0 Å². The van der Waals surface area contributed by atoms with Crippen LogP contribution in [0.5, 0.6) is 0 Å². The van der Waals surface area contributed by atoms with Gasteiger partial charge in [-0.15, -0.1) is 17.9 Å². The molecule has 2 heterocycles. The number of benzene rings is 1. The Hall–Kier alpha value is -2.31. The fourth-order valence-electron chi connectivity index (χ4n) is 2.05. The molecule has 0 bridgehead atoms. The molecule has 0 spiro atoms. The summed E-state index contributed by atoms with van der Waals surface area (Å²) in [5.74, 6) is 0. The lowest BCUT2D eigenvalue weighted by Crippen LogP contribution is -2.12. The summed E-state index contributed by atoms with van der Waals surface area (Å²) in [6.07, 6.45) is 7.08. The monoisotopic (exact) mass is 398 g/mol. The van der Waals surface area contributed by atoms with Crippen molar-refractivity contribution in [2.45, 2.75) is 0 Å². The third-order valence-corrected chi connectivity index (χ3v) is 4.59. The van der Waals surface area contributed by atoms with Crippen LogP contribution in [0.1, 0.15) is 5.56 Å². The molecule has 0 saturated carbocycles. The number of thiazole rings is 1. The van der Waals surface area contributed by atoms with Crippen molar-refractivity contribution in [2.24, 2.45) is 10.1 Å². The molecule has 4 nitrogen and oxygen atoms in total. The number of hydrogen-bond donors (Lipinski definition) is 0. The average molecular weight is 399 g/mol. The largest absolute Gasteiger partial charge is 0.265 e. The second kappa shape index (κ2) is 7.99. The van der Waals surface area contributed by atoms with Crippen molar-refractivity contribution < 1.29 is 0 Å². The highest BCUT2D eigenvalue weighted by molar-refractivity contribution is 9.10. The number of pyridine rings is 1. The van der Waals surface area contributed by atoms with Crippen molar-refractivity contribution in [3.63, 3.8) is 0 Å². The molecule has 24 heavy (non-hydrogen) atoms. The van der Waals surface area contributed by atoms with Crippen LogP contribution in [0, 0.1) is 0 Å². The van der Waals surface area contributed by atoms with Gasteiger partial charge < -0.3 is 0 Å². The molecule has 0 atom stereocenters. The quantitative estimate of drug-likeness (QED) is 0.465. The van der Waals surface area contributed by atoms with E-state index < -0.39 is 0 Å². The molecule has 0 aliphatic rings. The predicted molar refractivity (Wildman–Crippen MR) is 103 cm³/mol. The zero-order chi connectivity index (χ0) is 16.8. The van der Waals surface area contributed by atoms with Gasteiger partial charge in [-0.25, -0.2) is 4.68 Å². The minimum absolute atomic E-state index is 0.561. The van der Waals surface area contributed by atoms with Gasteiger partial charge in [0.25, 0.3) is 0 Å². The molecule has 3 rings (SSSR count). The predicted octanol–water partition coefficient (Wildman–Crippen LogP) is 4.34. The average Bonchev–Trinajstić information content (AvgIpc) is 3.02. The van der Waals surface area contributed by atoms with Crippen LogP contribution in [0.25, 0.3) is 11.3 Å². The van der Waals surface area contributed by atoms with Crippen LogP contribution in [-0.2, 0) is 0 Å². The number of nitrogens with zero attached hydrogens (tertiary/aromatic N) is 4. The molecule has 0 aliphatic carbocycles. The second-order valence-electron chi connectivity index (χ2n) is 4.88. The van der Waals surface area contributed by atoms with Gasteiger partial charge in [0.1, 0.15) is 0 Å². The van der Waals surface area contributed by atoms with Gasteiger partial charge in [0.15, 0.2) is 0 Å². The van der Waals surface area contributed by atoms with Crippen LogP contribution in [0.4, 0.5) is 0 Å². The minimum Gasteiger partial charge on any atom is -0.265 e. The first kappa shape index (κ1) is 16.5. The molecule has 0 unspecified atom stereocenters. The van der Waals surface area contributed by atoms with E-state index in [9.17, 15) is 0 Å². The maximum atomic E-state index is 4.62. The van der Waals surface area contributed by atoms with Crippen LogP contribution in [-0.4, -0.2) is 22.4 Å². The van der Waals surface area contributed by atoms with Crippen molar-refractivity contribution in [1.29, 1.82) is 0 Å². The molecule has 0 saturated heterocycles. The maximum Gasteiger partial charge on any atom is 0.206 e. The Labute approximate surface area is 152 Å². The summed E-state index contributed by atoms with van der Waals surface area (Å²) < 4.78 is 2.91. The summed E-state index contributed by atoms with van der Waals surface area (Å²) >= 11 is 5.03. The van der Waals surface area contributed by atoms with E-state index in [1.165, 1.54) is 0 Å². The molecule has 2 aromatic heterocycles. The van der Waals surface area contributed by atoms with Crippen LogP contribution in [0.3, 0.4) is 0 Å². The molecular formula is C18H15BrN4S. The summed E-state index contributed by atoms with van der Waals surface area (Å²) in [5.41, 5.74) is 3.07. The fourth-order valence-corrected chi connectivity index (χ4v) is 3.17. The van der Waals surface area contributed by atoms with Crippen molar-refractivity contribution in [3.05, 3.63) is 81.7 Å². The highest BCUT2D eigenvalue weighted by Gasteiger charge is 2.07. The Bertz CT molecular complexity index is 908. The van der Waals surface area contributed by atoms with Gasteiger partial charge in [-0.05, 0) is 29.8 Å². The Balaban J connectivity index is 2.06. The van der Waals surface area contributed by atoms with Crippen molar-refractivity contribution in [1.82, 2.24) is 9.66 Å². The molecule has 0 aliphatic heterocycles. The lowest BCUT2D eigenvalue weighted by atomic mass is 10.2. The summed E-state index contributed by atoms with van der Waals surface area (Å²) in [4.78, 5) is 9.38. The summed E-state index contributed by atoms with van der Waals surface area (Å²) in [6.45, 7) is 4.29. The van der Waals surface area contributed by atoms with Gasteiger partial charge >= 0.3 is 0 Å². The molecule has 0 amide bonds. The smallest absolute Gasteiger partial charge is 0.206 e. The first-order valence-electron chi connectivity index (χ1n) is 7.30. The topological polar surface area (TPSA) is 42.5 Å². The summed E-state index contributed by atoms with van der Waals surface area (Å²) in [6, 6.07) is 12.0. The van der Waals surface area contributed by atoms with E-state index in [1.54, 1.807) is 29.8 Å². The van der Waals surface area contributed by atoms with Crippen molar-refractivity contribution in [3.8, 4) is 11.3 Å². The zero-order valence-electron chi connectivity index (χ0n) is 12.8. The van der Waals surface area contributed by atoms with Gasteiger partial charge in [0, 0.05) is 27.8 Å². The highest BCUT2D eigenvalue weighted by Crippen LogP contribution is 2.22. The van der Waals surface area contributed by atoms with Crippen LogP contribution >= 0.6 is 27.3 Å². The number of halogens is 1. The van der Waals surface area contributed by atoms with Crippen molar-refractivity contribution in [2.75, 3.05) is 6.54 Å². The van der Waals surface area contributed by atoms with Gasteiger partial charge in [0.05, 0.1) is 18.5 Å². The van der Waals surface area contributed by atoms with E-state index in [1.807, 2.05) is 35.2 Å². The lowest BCUT2D eigenvalue weighted by Gasteiger charge is -2.03. The van der Waals surface area contributed by atoms with E-state index >= 15 is 0 Å². The first-order valence-corrected chi connectivity index (χ1v) is 8.97. The second-order valence-corrected chi connectivity index (χ2v) is 6.63. The van der Waals surface area contributed by atoms with E-state index in [4.69, 9.17) is 0 Å². The van der Waals surface area contributed by atoms with Crippen LogP contribution in [0.2, 0.25) is 0 Å². The molecule has 0 fully saturated rings. The van der Waals surface area contributed by atoms with E-state index in [0.29, 0.717) is 6.54 Å². The molecule has 1 aromatic carbocycles. The lowest BCUT2D eigenvalue weighted by molar-refractivity contribution is 0.840. The number of rotatable bonds is 5. The van der Waals surface area contributed by atoms with E-state index in [0.717, 1.165) is 26.1 Å². The fraction of sp³-hybridized carbons (Fsp3) is 0.0556. The third kappa shape index (κ3) is 3.96. The molecule has 120 valence electrons. The van der Waals surface area contributed by atoms with Gasteiger partial charge in [-0.3, -0.25) is 9.98 Å². The van der Waals surface area contributed by atoms with Gasteiger partial charge in [0.2, 0.25) is 4.80 Å². The normalized spacial score (nSPS) is 12.0. The van der Waals surface area contributed by atoms with Crippen molar-refractivity contribution >= 4 is 33.5 Å². The molecule has 3 aromatic rings. The zero-order valence-corrected chi connectivity index (χ0v) is 15.2. The SMILES string of the molecule is C=CCN=c1scc(-c2ccc(Br)cc2)n1N=Cc1ccncc1. The maximum absolute atomic E-state index is 4.62. The Morgan fingerprint density at radius 2 is 1.92 bits per heavy atom. The highest BCUT2D eigenvalue weighted by atomic mass is 79.9. The Morgan fingerprint density at radius 3 is 2.62 bits per heavy atom. The Kier molecular flexibility index (Phi) is 5.51. The van der Waals surface area contributed by atoms with E-state index in [2.05, 4.69) is 55.1 Å². The molecule has 0 radical (unpaired) electrons. The molecule has 0 N–H and O–H groups in total. The minimum atomic E-state index is 0.561. The van der Waals surface area contributed by atoms with Gasteiger partial charge in [-0.1, -0.05) is 34.1 Å². The summed E-state index contributed by atoms with van der Waals surface area (Å²) in [7, 11) is 0. The molecule has 6 heteroatoms. The Morgan fingerprint density at radius 1 is 1.17 bits per heavy atom. The standard InChI is InChI=1S/C18H15BrN4S/c1-2-9-21-18-23(22-12-14-7-10-20-11-8-14)17(13-24-18)15-3-5-16(19)6-4-15/h2-8,10-13H,1,9H2.